The molecule has 0 spiro atoms. The molecule has 164 valence electrons. The largest absolute Gasteiger partial charge is 0.496 e. The summed E-state index contributed by atoms with van der Waals surface area (Å²) >= 11 is 7.56. The maximum Gasteiger partial charge on any atom is 0.174 e. The zero-order valence-corrected chi connectivity index (χ0v) is 19.6. The van der Waals surface area contributed by atoms with Crippen molar-refractivity contribution in [3.8, 4) is 17.6 Å². The lowest BCUT2D eigenvalue weighted by atomic mass is 10.0. The van der Waals surface area contributed by atoms with Gasteiger partial charge in [-0.1, -0.05) is 13.0 Å². The van der Waals surface area contributed by atoms with Crippen LogP contribution in [0.3, 0.4) is 0 Å². The normalized spacial score (nSPS) is 20.3. The zero-order valence-electron chi connectivity index (χ0n) is 18.0. The highest BCUT2D eigenvalue weighted by Crippen LogP contribution is 2.39. The van der Waals surface area contributed by atoms with Crippen LogP contribution >= 0.6 is 24.0 Å². The van der Waals surface area contributed by atoms with E-state index in [0.717, 1.165) is 18.4 Å². The number of benzene rings is 2. The Hall–Kier alpha value is -2.50. The van der Waals surface area contributed by atoms with Crippen molar-refractivity contribution in [1.82, 2.24) is 4.90 Å². The smallest absolute Gasteiger partial charge is 0.174 e. The van der Waals surface area contributed by atoms with Gasteiger partial charge in [0, 0.05) is 23.0 Å². The van der Waals surface area contributed by atoms with Crippen LogP contribution in [0.25, 0.3) is 0 Å². The van der Waals surface area contributed by atoms with Gasteiger partial charge in [-0.2, -0.15) is 5.26 Å². The highest BCUT2D eigenvalue weighted by atomic mass is 32.2. The van der Waals surface area contributed by atoms with Gasteiger partial charge in [0.05, 0.1) is 25.2 Å². The van der Waals surface area contributed by atoms with Gasteiger partial charge in [0.25, 0.3) is 0 Å². The molecule has 1 aliphatic heterocycles. The van der Waals surface area contributed by atoms with Crippen LogP contribution in [0.2, 0.25) is 0 Å². The lowest BCUT2D eigenvalue weighted by Crippen LogP contribution is -2.43. The molecule has 3 unspecified atom stereocenters. The van der Waals surface area contributed by atoms with Crippen LogP contribution in [-0.2, 0) is 6.42 Å². The van der Waals surface area contributed by atoms with E-state index in [2.05, 4.69) is 30.1 Å². The Kier molecular flexibility index (Phi) is 7.63. The second-order valence-electron chi connectivity index (χ2n) is 7.40. The maximum absolute atomic E-state index is 13.6. The number of rotatable bonds is 6. The van der Waals surface area contributed by atoms with E-state index >= 15 is 0 Å². The molecule has 0 saturated carbocycles. The first-order valence-corrected chi connectivity index (χ1v) is 11.4. The highest BCUT2D eigenvalue weighted by Gasteiger charge is 2.38. The van der Waals surface area contributed by atoms with Crippen molar-refractivity contribution in [3.63, 3.8) is 0 Å². The van der Waals surface area contributed by atoms with Crippen LogP contribution in [-0.4, -0.2) is 40.9 Å². The molecular formula is C23H26FN3O2S2. The van der Waals surface area contributed by atoms with Crippen molar-refractivity contribution in [2.75, 3.05) is 19.5 Å². The summed E-state index contributed by atoms with van der Waals surface area (Å²) in [5.74, 6) is 0.899. The van der Waals surface area contributed by atoms with Crippen LogP contribution in [0.1, 0.15) is 31.4 Å². The number of halogens is 1. The number of anilines is 1. The Morgan fingerprint density at radius 3 is 2.61 bits per heavy atom. The first-order chi connectivity index (χ1) is 14.9. The Labute approximate surface area is 192 Å². The van der Waals surface area contributed by atoms with Crippen molar-refractivity contribution in [2.45, 2.75) is 43.4 Å². The molecule has 0 amide bonds. The summed E-state index contributed by atoms with van der Waals surface area (Å²) in [4.78, 5) is 2.19. The summed E-state index contributed by atoms with van der Waals surface area (Å²) < 4.78 is 24.4. The van der Waals surface area contributed by atoms with Gasteiger partial charge in [-0.25, -0.2) is 4.39 Å². The summed E-state index contributed by atoms with van der Waals surface area (Å²) in [6.07, 6.45) is 1.54. The average Bonchev–Trinajstić information content (AvgIpc) is 3.04. The van der Waals surface area contributed by atoms with Crippen LogP contribution in [0.15, 0.2) is 36.4 Å². The number of hydrogen-bond acceptors (Lipinski definition) is 5. The van der Waals surface area contributed by atoms with E-state index in [0.29, 0.717) is 33.1 Å². The lowest BCUT2D eigenvalue weighted by molar-refractivity contribution is 0.330. The summed E-state index contributed by atoms with van der Waals surface area (Å²) in [7, 11) is 3.15. The van der Waals surface area contributed by atoms with Gasteiger partial charge in [0.1, 0.15) is 23.4 Å². The Morgan fingerprint density at radius 2 is 1.97 bits per heavy atom. The van der Waals surface area contributed by atoms with E-state index in [9.17, 15) is 9.65 Å². The number of hydrogen-bond donors (Lipinski definition) is 1. The molecule has 0 radical (unpaired) electrons. The minimum atomic E-state index is -0.304. The van der Waals surface area contributed by atoms with Gasteiger partial charge in [0.15, 0.2) is 5.11 Å². The van der Waals surface area contributed by atoms with Crippen molar-refractivity contribution in [3.05, 3.63) is 53.3 Å². The minimum Gasteiger partial charge on any atom is -0.496 e. The van der Waals surface area contributed by atoms with E-state index in [1.807, 2.05) is 17.8 Å². The van der Waals surface area contributed by atoms with Gasteiger partial charge in [-0.3, -0.25) is 0 Å². The van der Waals surface area contributed by atoms with Crippen molar-refractivity contribution in [1.29, 1.82) is 5.26 Å². The molecule has 3 atom stereocenters. The third-order valence-corrected chi connectivity index (χ3v) is 7.41. The molecule has 2 aromatic rings. The molecule has 5 nitrogen and oxygen atoms in total. The maximum atomic E-state index is 13.6. The molecule has 1 heterocycles. The minimum absolute atomic E-state index is 0.149. The fourth-order valence-corrected chi connectivity index (χ4v) is 5.73. The summed E-state index contributed by atoms with van der Waals surface area (Å²) in [5.41, 5.74) is 2.08. The molecule has 1 aliphatic rings. The van der Waals surface area contributed by atoms with Crippen LogP contribution in [0, 0.1) is 17.1 Å². The number of methoxy groups -OCH3 is 2. The SMILES string of the molecule is COc1cc(OC)c(CCC2SC(C)C(C)N2C(=S)Nc2cccc(F)c2)cc1C#N. The number of nitrogens with zero attached hydrogens (tertiary/aromatic N) is 2. The summed E-state index contributed by atoms with van der Waals surface area (Å²) in [5, 5.41) is 13.7. The molecule has 1 N–H and O–H groups in total. The molecule has 0 bridgehead atoms. The van der Waals surface area contributed by atoms with E-state index in [1.54, 1.807) is 25.3 Å². The number of thiocarbonyl (C=S) groups is 1. The van der Waals surface area contributed by atoms with E-state index < -0.39 is 0 Å². The van der Waals surface area contributed by atoms with Crippen molar-refractivity contribution in [2.24, 2.45) is 0 Å². The Bertz CT molecular complexity index is 995. The molecule has 0 aliphatic carbocycles. The second kappa shape index (κ2) is 10.2. The number of nitrogens with one attached hydrogen (secondary N) is 1. The standard InChI is InChI=1S/C23H26FN3O2S2/c1-14-15(2)31-22(27(14)23(30)26-19-7-5-6-18(24)11-19)9-8-16-10-17(13-25)21(29-4)12-20(16)28-3/h5-7,10-12,14-15,22H,8-9H2,1-4H3,(H,26,30). The molecule has 1 fully saturated rings. The van der Waals surface area contributed by atoms with E-state index in [-0.39, 0.29) is 17.2 Å². The summed E-state index contributed by atoms with van der Waals surface area (Å²) in [6.45, 7) is 4.34. The monoisotopic (exact) mass is 459 g/mol. The van der Waals surface area contributed by atoms with Crippen molar-refractivity contribution < 1.29 is 13.9 Å². The first kappa shape index (κ1) is 23.2. The Morgan fingerprint density at radius 1 is 1.23 bits per heavy atom. The molecule has 1 saturated heterocycles. The van der Waals surface area contributed by atoms with Gasteiger partial charge in [-0.05, 0) is 61.8 Å². The first-order valence-electron chi connectivity index (χ1n) is 10.0. The zero-order chi connectivity index (χ0) is 22.5. The van der Waals surface area contributed by atoms with E-state index in [4.69, 9.17) is 21.7 Å². The Balaban J connectivity index is 1.77. The molecule has 8 heteroatoms. The lowest BCUT2D eigenvalue weighted by Gasteiger charge is -2.31. The number of aryl methyl sites for hydroxylation is 1. The van der Waals surface area contributed by atoms with E-state index in [1.165, 1.54) is 19.2 Å². The third-order valence-electron chi connectivity index (χ3n) is 5.49. The summed E-state index contributed by atoms with van der Waals surface area (Å²) in [6, 6.07) is 12.3. The molecule has 2 aromatic carbocycles. The fourth-order valence-electron chi connectivity index (χ4n) is 3.72. The fraction of sp³-hybridized carbons (Fsp3) is 0.391. The predicted octanol–water partition coefficient (Wildman–Crippen LogP) is 5.20. The van der Waals surface area contributed by atoms with Crippen molar-refractivity contribution >= 4 is 34.8 Å². The van der Waals surface area contributed by atoms with Gasteiger partial charge >= 0.3 is 0 Å². The van der Waals surface area contributed by atoms with Gasteiger partial charge in [-0.15, -0.1) is 11.8 Å². The number of ether oxygens (including phenoxy) is 2. The highest BCUT2D eigenvalue weighted by molar-refractivity contribution is 8.00. The molecule has 3 rings (SSSR count). The van der Waals surface area contributed by atoms with Gasteiger partial charge < -0.3 is 19.7 Å². The van der Waals surface area contributed by atoms with Gasteiger partial charge in [0.2, 0.25) is 0 Å². The number of thioether (sulfide) groups is 1. The molecule has 31 heavy (non-hydrogen) atoms. The van der Waals surface area contributed by atoms with Crippen LogP contribution in [0.4, 0.5) is 10.1 Å². The number of nitriles is 1. The van der Waals surface area contributed by atoms with Crippen LogP contribution in [0.5, 0.6) is 11.5 Å². The molecule has 0 aromatic heterocycles. The molecular weight excluding hydrogens is 433 g/mol. The predicted molar refractivity (Wildman–Crippen MR) is 127 cm³/mol. The quantitative estimate of drug-likeness (QED) is 0.596. The second-order valence-corrected chi connectivity index (χ2v) is 9.35. The third kappa shape index (κ3) is 5.23. The average molecular weight is 460 g/mol. The van der Waals surface area contributed by atoms with Crippen LogP contribution < -0.4 is 14.8 Å². The topological polar surface area (TPSA) is 57.5 Å².